The van der Waals surface area contributed by atoms with Gasteiger partial charge in [0, 0.05) is 29.8 Å². The summed E-state index contributed by atoms with van der Waals surface area (Å²) < 4.78 is 18.5. The molecule has 1 aromatic heterocycles. The number of hydrogen-bond donors (Lipinski definition) is 0. The fourth-order valence-electron chi connectivity index (χ4n) is 3.97. The first-order valence-corrected chi connectivity index (χ1v) is 8.91. The van der Waals surface area contributed by atoms with E-state index in [4.69, 9.17) is 4.74 Å². The van der Waals surface area contributed by atoms with Crippen LogP contribution in [0.5, 0.6) is 0 Å². The third kappa shape index (κ3) is 3.99. The van der Waals surface area contributed by atoms with Crippen molar-refractivity contribution in [1.82, 2.24) is 9.88 Å². The number of ketones is 1. The Kier molecular flexibility index (Phi) is 4.80. The Morgan fingerprint density at radius 3 is 2.36 bits per heavy atom. The SMILES string of the molecule is CC(C)(C)OC(=O)N1C2CCCC1CC(C(=O)c1ccc(F)nc1)C2. The highest BCUT2D eigenvalue weighted by Gasteiger charge is 2.44. The van der Waals surface area contributed by atoms with Crippen molar-refractivity contribution in [2.24, 2.45) is 5.92 Å². The van der Waals surface area contributed by atoms with Gasteiger partial charge < -0.3 is 9.64 Å². The maximum atomic E-state index is 13.0. The van der Waals surface area contributed by atoms with Crippen LogP contribution in [0, 0.1) is 11.9 Å². The highest BCUT2D eigenvalue weighted by Crippen LogP contribution is 2.39. The maximum absolute atomic E-state index is 13.0. The van der Waals surface area contributed by atoms with Gasteiger partial charge in [-0.25, -0.2) is 9.78 Å². The summed E-state index contributed by atoms with van der Waals surface area (Å²) in [6.45, 7) is 5.58. The van der Waals surface area contributed by atoms with E-state index < -0.39 is 11.5 Å². The Morgan fingerprint density at radius 2 is 1.84 bits per heavy atom. The lowest BCUT2D eigenvalue weighted by Crippen LogP contribution is -2.56. The fraction of sp³-hybridized carbons (Fsp3) is 0.632. The van der Waals surface area contributed by atoms with E-state index >= 15 is 0 Å². The van der Waals surface area contributed by atoms with Crippen molar-refractivity contribution < 1.29 is 18.7 Å². The summed E-state index contributed by atoms with van der Waals surface area (Å²) in [5.74, 6) is -0.748. The second kappa shape index (κ2) is 6.73. The van der Waals surface area contributed by atoms with Gasteiger partial charge in [-0.05, 0) is 65.0 Å². The first-order valence-electron chi connectivity index (χ1n) is 8.91. The Labute approximate surface area is 147 Å². The Morgan fingerprint density at radius 1 is 1.20 bits per heavy atom. The van der Waals surface area contributed by atoms with Crippen LogP contribution in [0.1, 0.15) is 63.2 Å². The summed E-state index contributed by atoms with van der Waals surface area (Å²) in [6, 6.07) is 2.76. The zero-order chi connectivity index (χ0) is 18.2. The first-order chi connectivity index (χ1) is 11.7. The lowest BCUT2D eigenvalue weighted by atomic mass is 9.76. The molecule has 0 aromatic carbocycles. The number of nitrogens with zero attached hydrogens (tertiary/aromatic N) is 2. The van der Waals surface area contributed by atoms with Crippen molar-refractivity contribution >= 4 is 11.9 Å². The van der Waals surface area contributed by atoms with Crippen molar-refractivity contribution in [1.29, 1.82) is 0 Å². The number of halogens is 1. The molecule has 5 nitrogen and oxygen atoms in total. The lowest BCUT2D eigenvalue weighted by Gasteiger charge is -2.48. The number of ether oxygens (including phenoxy) is 1. The molecule has 25 heavy (non-hydrogen) atoms. The molecule has 6 heteroatoms. The van der Waals surface area contributed by atoms with E-state index in [0.717, 1.165) is 19.3 Å². The summed E-state index contributed by atoms with van der Waals surface area (Å²) in [5, 5.41) is 0. The standard InChI is InChI=1S/C19H25FN2O3/c1-19(2,3)25-18(24)22-14-5-4-6-15(22)10-13(9-14)17(23)12-7-8-16(20)21-11-12/h7-8,11,13-15H,4-6,9-10H2,1-3H3. The predicted molar refractivity (Wildman–Crippen MR) is 90.7 cm³/mol. The minimum Gasteiger partial charge on any atom is -0.444 e. The number of carbonyl (C=O) groups is 2. The van der Waals surface area contributed by atoms with Gasteiger partial charge in [-0.2, -0.15) is 4.39 Å². The summed E-state index contributed by atoms with van der Waals surface area (Å²) in [4.78, 5) is 30.8. The highest BCUT2D eigenvalue weighted by molar-refractivity contribution is 5.97. The second-order valence-electron chi connectivity index (χ2n) is 8.03. The van der Waals surface area contributed by atoms with Gasteiger partial charge in [-0.3, -0.25) is 4.79 Å². The quantitative estimate of drug-likeness (QED) is 0.599. The smallest absolute Gasteiger partial charge is 0.410 e. The number of fused-ring (bicyclic) bond motifs is 2. The zero-order valence-corrected chi connectivity index (χ0v) is 15.0. The Bertz CT molecular complexity index is 640. The molecule has 1 aromatic rings. The van der Waals surface area contributed by atoms with Crippen LogP contribution in [0.2, 0.25) is 0 Å². The van der Waals surface area contributed by atoms with E-state index in [2.05, 4.69) is 4.98 Å². The number of hydrogen-bond acceptors (Lipinski definition) is 4. The van der Waals surface area contributed by atoms with Crippen LogP contribution in [0.4, 0.5) is 9.18 Å². The summed E-state index contributed by atoms with van der Waals surface area (Å²) in [7, 11) is 0. The van der Waals surface area contributed by atoms with Crippen LogP contribution in [-0.2, 0) is 4.74 Å². The van der Waals surface area contributed by atoms with Crippen LogP contribution in [0.3, 0.4) is 0 Å². The van der Waals surface area contributed by atoms with E-state index in [1.165, 1.54) is 18.3 Å². The van der Waals surface area contributed by atoms with E-state index in [9.17, 15) is 14.0 Å². The summed E-state index contributed by atoms with van der Waals surface area (Å²) in [5.41, 5.74) is -0.0899. The molecule has 0 N–H and O–H groups in total. The van der Waals surface area contributed by atoms with Crippen LogP contribution in [0.15, 0.2) is 18.3 Å². The molecule has 0 radical (unpaired) electrons. The average Bonchev–Trinajstić information content (AvgIpc) is 2.52. The lowest BCUT2D eigenvalue weighted by molar-refractivity contribution is -0.0260. The van der Waals surface area contributed by atoms with Gasteiger partial charge in [0.05, 0.1) is 0 Å². The molecule has 3 rings (SSSR count). The van der Waals surface area contributed by atoms with Crippen LogP contribution in [-0.4, -0.2) is 39.4 Å². The van der Waals surface area contributed by atoms with Crippen molar-refractivity contribution in [2.45, 2.75) is 70.6 Å². The van der Waals surface area contributed by atoms with Gasteiger partial charge in [0.15, 0.2) is 5.78 Å². The largest absolute Gasteiger partial charge is 0.444 e. The summed E-state index contributed by atoms with van der Waals surface area (Å²) in [6.07, 6.45) is 5.12. The van der Waals surface area contributed by atoms with E-state index in [1.807, 2.05) is 25.7 Å². The molecule has 136 valence electrons. The normalized spacial score (nSPS) is 26.2. The van der Waals surface area contributed by atoms with E-state index in [0.29, 0.717) is 18.4 Å². The summed E-state index contributed by atoms with van der Waals surface area (Å²) >= 11 is 0. The molecule has 2 unspecified atom stereocenters. The van der Waals surface area contributed by atoms with E-state index in [1.54, 1.807) is 0 Å². The van der Waals surface area contributed by atoms with E-state index in [-0.39, 0.29) is 29.9 Å². The molecule has 2 fully saturated rings. The Hall–Kier alpha value is -1.98. The number of rotatable bonds is 2. The Balaban J connectivity index is 1.73. The number of pyridine rings is 1. The van der Waals surface area contributed by atoms with Gasteiger partial charge in [-0.15, -0.1) is 0 Å². The third-order valence-corrected chi connectivity index (χ3v) is 4.96. The molecule has 2 atom stereocenters. The number of piperidine rings is 2. The molecule has 2 saturated heterocycles. The second-order valence-corrected chi connectivity index (χ2v) is 8.03. The van der Waals surface area contributed by atoms with Crippen LogP contribution in [0.25, 0.3) is 0 Å². The number of aromatic nitrogens is 1. The molecule has 2 aliphatic rings. The molecular weight excluding hydrogens is 323 g/mol. The van der Waals surface area contributed by atoms with Crippen molar-refractivity contribution in [3.05, 3.63) is 29.8 Å². The monoisotopic (exact) mass is 348 g/mol. The van der Waals surface area contributed by atoms with Gasteiger partial charge >= 0.3 is 6.09 Å². The maximum Gasteiger partial charge on any atom is 0.410 e. The minimum atomic E-state index is -0.590. The van der Waals surface area contributed by atoms with Gasteiger partial charge in [-0.1, -0.05) is 0 Å². The number of Topliss-reactive ketones (excluding diaryl/α,β-unsaturated/α-hetero) is 1. The van der Waals surface area contributed by atoms with Crippen LogP contribution < -0.4 is 0 Å². The highest BCUT2D eigenvalue weighted by atomic mass is 19.1. The zero-order valence-electron chi connectivity index (χ0n) is 15.0. The molecule has 0 spiro atoms. The molecular formula is C19H25FN2O3. The van der Waals surface area contributed by atoms with Crippen molar-refractivity contribution in [3.8, 4) is 0 Å². The molecule has 3 heterocycles. The van der Waals surface area contributed by atoms with Gasteiger partial charge in [0.2, 0.25) is 5.95 Å². The molecule has 0 saturated carbocycles. The van der Waals surface area contributed by atoms with Crippen molar-refractivity contribution in [3.63, 3.8) is 0 Å². The molecule has 1 amide bonds. The fourth-order valence-corrected chi connectivity index (χ4v) is 3.97. The molecule has 2 aliphatic heterocycles. The van der Waals surface area contributed by atoms with Gasteiger partial charge in [0.1, 0.15) is 5.60 Å². The molecule has 2 bridgehead atoms. The first kappa shape index (κ1) is 17.8. The third-order valence-electron chi connectivity index (χ3n) is 4.96. The minimum absolute atomic E-state index is 0.00626. The van der Waals surface area contributed by atoms with Crippen LogP contribution >= 0.6 is 0 Å². The van der Waals surface area contributed by atoms with Crippen molar-refractivity contribution in [2.75, 3.05) is 0 Å². The number of carbonyl (C=O) groups excluding carboxylic acids is 2. The predicted octanol–water partition coefficient (Wildman–Crippen LogP) is 3.97. The molecule has 0 aliphatic carbocycles. The number of amides is 1. The topological polar surface area (TPSA) is 59.5 Å². The average molecular weight is 348 g/mol. The van der Waals surface area contributed by atoms with Gasteiger partial charge in [0.25, 0.3) is 0 Å².